The molecular formula is C8H8LiO3S. The zero-order chi connectivity index (χ0) is 9.19. The fraction of sp³-hybridized carbons (Fsp3) is 0. The van der Waals surface area contributed by atoms with Gasteiger partial charge in [-0.05, 0) is 11.6 Å². The third-order valence-electron chi connectivity index (χ3n) is 1.42. The minimum atomic E-state index is -4.12. The number of hydrogen-bond donors (Lipinski definition) is 1. The Balaban J connectivity index is 0.00000144. The van der Waals surface area contributed by atoms with Crippen molar-refractivity contribution >= 4 is 35.1 Å². The molecule has 0 fully saturated rings. The summed E-state index contributed by atoms with van der Waals surface area (Å²) in [7, 11) is -4.12. The second-order valence-corrected chi connectivity index (χ2v) is 3.61. The van der Waals surface area contributed by atoms with Crippen molar-refractivity contribution in [2.24, 2.45) is 0 Å². The molecule has 0 unspecified atom stereocenters. The quantitative estimate of drug-likeness (QED) is 0.564. The first kappa shape index (κ1) is 12.5. The molecule has 1 rings (SSSR count). The van der Waals surface area contributed by atoms with Gasteiger partial charge in [0.05, 0.1) is 0 Å². The van der Waals surface area contributed by atoms with Crippen molar-refractivity contribution in [2.45, 2.75) is 4.90 Å². The van der Waals surface area contributed by atoms with E-state index in [1.807, 2.05) is 0 Å². The maximum absolute atomic E-state index is 10.7. The predicted octanol–water partition coefficient (Wildman–Crippen LogP) is 1.20. The molecule has 0 aromatic heterocycles. The van der Waals surface area contributed by atoms with Gasteiger partial charge in [0, 0.05) is 18.9 Å². The summed E-state index contributed by atoms with van der Waals surface area (Å²) in [6, 6.07) is 6.10. The van der Waals surface area contributed by atoms with Crippen molar-refractivity contribution in [3.05, 3.63) is 36.4 Å². The van der Waals surface area contributed by atoms with E-state index in [0.717, 1.165) is 0 Å². The molecule has 0 spiro atoms. The molecule has 0 heterocycles. The van der Waals surface area contributed by atoms with E-state index < -0.39 is 10.1 Å². The molecule has 0 saturated heterocycles. The molecule has 3 nitrogen and oxygen atoms in total. The number of hydrogen-bond acceptors (Lipinski definition) is 2. The van der Waals surface area contributed by atoms with Gasteiger partial charge in [0.1, 0.15) is 4.90 Å². The minimum Gasteiger partial charge on any atom is -0.282 e. The number of rotatable bonds is 2. The van der Waals surface area contributed by atoms with Gasteiger partial charge in [0.2, 0.25) is 0 Å². The molecule has 5 heteroatoms. The Hall–Kier alpha value is -0.533. The topological polar surface area (TPSA) is 54.4 Å². The van der Waals surface area contributed by atoms with Gasteiger partial charge in [0.15, 0.2) is 0 Å². The molecule has 0 saturated carbocycles. The third kappa shape index (κ3) is 3.01. The van der Waals surface area contributed by atoms with Crippen molar-refractivity contribution in [1.82, 2.24) is 0 Å². The predicted molar refractivity (Wildman–Crippen MR) is 52.1 cm³/mol. The Morgan fingerprint density at radius 1 is 1.31 bits per heavy atom. The van der Waals surface area contributed by atoms with Crippen molar-refractivity contribution in [3.8, 4) is 0 Å². The molecule has 13 heavy (non-hydrogen) atoms. The van der Waals surface area contributed by atoms with Crippen LogP contribution in [0.5, 0.6) is 0 Å². The van der Waals surface area contributed by atoms with Gasteiger partial charge in [0.25, 0.3) is 10.1 Å². The SMILES string of the molecule is C=Cc1ccccc1S(=O)(=O)O.[Li]. The molecule has 1 aromatic rings. The van der Waals surface area contributed by atoms with Gasteiger partial charge in [-0.2, -0.15) is 8.42 Å². The average Bonchev–Trinajstić information content (AvgIpc) is 2.03. The van der Waals surface area contributed by atoms with E-state index in [1.54, 1.807) is 12.1 Å². The zero-order valence-corrected chi connectivity index (χ0v) is 8.08. The Morgan fingerprint density at radius 3 is 2.23 bits per heavy atom. The van der Waals surface area contributed by atoms with Crippen LogP contribution in [0.4, 0.5) is 0 Å². The summed E-state index contributed by atoms with van der Waals surface area (Å²) in [5.74, 6) is 0. The fourth-order valence-electron chi connectivity index (χ4n) is 0.884. The minimum absolute atomic E-state index is 0. The van der Waals surface area contributed by atoms with Gasteiger partial charge >= 0.3 is 0 Å². The summed E-state index contributed by atoms with van der Waals surface area (Å²) in [6.07, 6.45) is 1.38. The Morgan fingerprint density at radius 2 is 1.85 bits per heavy atom. The van der Waals surface area contributed by atoms with Gasteiger partial charge in [-0.3, -0.25) is 4.55 Å². The van der Waals surface area contributed by atoms with Gasteiger partial charge in [-0.15, -0.1) is 0 Å². The van der Waals surface area contributed by atoms with Crippen LogP contribution in [-0.2, 0) is 10.1 Å². The van der Waals surface area contributed by atoms with Crippen LogP contribution in [0.1, 0.15) is 5.56 Å². The smallest absolute Gasteiger partial charge is 0.282 e. The van der Waals surface area contributed by atoms with Crippen molar-refractivity contribution in [1.29, 1.82) is 0 Å². The fourth-order valence-corrected chi connectivity index (χ4v) is 1.58. The van der Waals surface area contributed by atoms with E-state index in [1.165, 1.54) is 18.2 Å². The van der Waals surface area contributed by atoms with Crippen LogP contribution >= 0.6 is 0 Å². The van der Waals surface area contributed by atoms with Crippen LogP contribution in [0.15, 0.2) is 35.7 Å². The normalized spacial score (nSPS) is 10.2. The van der Waals surface area contributed by atoms with Crippen LogP contribution in [-0.4, -0.2) is 31.8 Å². The molecule has 1 radical (unpaired) electrons. The first-order valence-corrected chi connectivity index (χ1v) is 4.68. The van der Waals surface area contributed by atoms with Crippen LogP contribution in [0.2, 0.25) is 0 Å². The molecule has 0 atom stereocenters. The zero-order valence-electron chi connectivity index (χ0n) is 7.27. The van der Waals surface area contributed by atoms with E-state index in [4.69, 9.17) is 4.55 Å². The van der Waals surface area contributed by atoms with E-state index in [0.29, 0.717) is 5.56 Å². The first-order chi connectivity index (χ1) is 5.55. The second kappa shape index (κ2) is 4.63. The van der Waals surface area contributed by atoms with Crippen molar-refractivity contribution in [3.63, 3.8) is 0 Å². The maximum atomic E-state index is 10.7. The molecule has 1 aromatic carbocycles. The van der Waals surface area contributed by atoms with E-state index in [9.17, 15) is 8.42 Å². The standard InChI is InChI=1S/C8H8O3S.Li/c1-2-7-5-3-4-6-8(7)12(9,10)11;/h2-6H,1H2,(H,9,10,11);. The summed E-state index contributed by atoms with van der Waals surface area (Å²) in [4.78, 5) is -0.111. The Bertz CT molecular complexity index is 398. The summed E-state index contributed by atoms with van der Waals surface area (Å²) in [5.41, 5.74) is 0.403. The van der Waals surface area contributed by atoms with Crippen LogP contribution in [0.3, 0.4) is 0 Å². The van der Waals surface area contributed by atoms with Crippen molar-refractivity contribution < 1.29 is 13.0 Å². The summed E-state index contributed by atoms with van der Waals surface area (Å²) in [6.45, 7) is 3.43. The Kier molecular flexibility index (Phi) is 4.44. The van der Waals surface area contributed by atoms with E-state index in [-0.39, 0.29) is 23.8 Å². The van der Waals surface area contributed by atoms with E-state index >= 15 is 0 Å². The monoisotopic (exact) mass is 191 g/mol. The molecular weight excluding hydrogens is 183 g/mol. The second-order valence-electron chi connectivity index (χ2n) is 2.22. The Labute approximate surface area is 89.4 Å². The average molecular weight is 191 g/mol. The molecule has 0 amide bonds. The summed E-state index contributed by atoms with van der Waals surface area (Å²) >= 11 is 0. The molecule has 0 aliphatic heterocycles. The van der Waals surface area contributed by atoms with Crippen LogP contribution in [0.25, 0.3) is 6.08 Å². The number of benzene rings is 1. The summed E-state index contributed by atoms with van der Waals surface area (Å²) in [5, 5.41) is 0. The molecule has 65 valence electrons. The third-order valence-corrected chi connectivity index (χ3v) is 2.34. The van der Waals surface area contributed by atoms with E-state index in [2.05, 4.69) is 6.58 Å². The molecule has 0 bridgehead atoms. The van der Waals surface area contributed by atoms with Crippen LogP contribution in [0, 0.1) is 0 Å². The first-order valence-electron chi connectivity index (χ1n) is 3.24. The van der Waals surface area contributed by atoms with Gasteiger partial charge < -0.3 is 0 Å². The largest absolute Gasteiger partial charge is 0.295 e. The summed E-state index contributed by atoms with van der Waals surface area (Å²) < 4.78 is 30.2. The van der Waals surface area contributed by atoms with Crippen molar-refractivity contribution in [2.75, 3.05) is 0 Å². The maximum Gasteiger partial charge on any atom is 0.295 e. The molecule has 1 N–H and O–H groups in total. The van der Waals surface area contributed by atoms with Gasteiger partial charge in [-0.1, -0.05) is 30.9 Å². The molecule has 0 aliphatic carbocycles. The molecule has 0 aliphatic rings. The van der Waals surface area contributed by atoms with Crippen LogP contribution < -0.4 is 0 Å². The van der Waals surface area contributed by atoms with Gasteiger partial charge in [-0.25, -0.2) is 0 Å².